The molecule has 0 spiro atoms. The number of rotatable bonds is 24. The molecule has 6 N–H and O–H groups in total. The van der Waals surface area contributed by atoms with Gasteiger partial charge in [-0.3, -0.25) is 62.7 Å². The predicted octanol–water partition coefficient (Wildman–Crippen LogP) is 19.4. The van der Waals surface area contributed by atoms with Gasteiger partial charge in [0.25, 0.3) is 34.4 Å². The van der Waals surface area contributed by atoms with Crippen LogP contribution in [-0.4, -0.2) is 110 Å². The average Bonchev–Trinajstić information content (AvgIpc) is 1.61. The van der Waals surface area contributed by atoms with Gasteiger partial charge in [0.2, 0.25) is 11.8 Å². The molecule has 0 bridgehead atoms. The smallest absolute Gasteiger partial charge is 0.422 e. The number of alkyl halides is 3. The number of anilines is 3. The summed E-state index contributed by atoms with van der Waals surface area (Å²) in [6.45, 7) is 4.54. The second-order valence-electron chi connectivity index (χ2n) is 30.8. The Morgan fingerprint density at radius 3 is 1.15 bits per heavy atom. The first-order chi connectivity index (χ1) is 64.5. The molecule has 9 heterocycles. The molecule has 38 heteroatoms. The summed E-state index contributed by atoms with van der Waals surface area (Å²) in [6, 6.07) is 45.5. The molecular weight excluding hydrogens is 1750 g/mol. The second kappa shape index (κ2) is 37.4. The second-order valence-corrected chi connectivity index (χ2v) is 30.8. The van der Waals surface area contributed by atoms with Crippen molar-refractivity contribution in [3.8, 4) is 96.7 Å². The lowest BCUT2D eigenvalue weighted by Crippen LogP contribution is -2.30. The highest BCUT2D eigenvalue weighted by Crippen LogP contribution is 2.44. The van der Waals surface area contributed by atoms with Crippen LogP contribution in [0.5, 0.6) is 46.3 Å². The van der Waals surface area contributed by atoms with Crippen molar-refractivity contribution in [2.75, 3.05) is 22.6 Å². The van der Waals surface area contributed by atoms with E-state index in [9.17, 15) is 55.1 Å². The molecule has 9 aromatic heterocycles. The summed E-state index contributed by atoms with van der Waals surface area (Å²) in [5.74, 6) is -5.66. The van der Waals surface area contributed by atoms with E-state index in [0.29, 0.717) is 62.0 Å². The van der Waals surface area contributed by atoms with E-state index in [1.165, 1.54) is 112 Å². The first-order valence-corrected chi connectivity index (χ1v) is 41.2. The van der Waals surface area contributed by atoms with Crippen LogP contribution in [0.2, 0.25) is 0 Å². The minimum absolute atomic E-state index is 0.0438. The van der Waals surface area contributed by atoms with E-state index in [1.807, 2.05) is 36.9 Å². The first kappa shape index (κ1) is 88.7. The van der Waals surface area contributed by atoms with Gasteiger partial charge < -0.3 is 39.6 Å². The van der Waals surface area contributed by atoms with Crippen LogP contribution in [0.4, 0.5) is 56.6 Å². The Labute approximate surface area is 751 Å². The van der Waals surface area contributed by atoms with Crippen LogP contribution in [-0.2, 0) is 20.6 Å². The van der Waals surface area contributed by atoms with Crippen molar-refractivity contribution in [3.05, 3.63) is 344 Å². The number of amides is 3. The molecule has 19 rings (SSSR count). The number of pyridine rings is 3. The average molecular weight is 1830 g/mol. The largest absolute Gasteiger partial charge is 0.476 e. The van der Waals surface area contributed by atoms with Crippen LogP contribution in [0.3, 0.4) is 0 Å². The third-order valence-corrected chi connectivity index (χ3v) is 21.3. The molecule has 0 radical (unpaired) electrons. The minimum Gasteiger partial charge on any atom is -0.476 e. The maximum Gasteiger partial charge on any atom is 0.422 e. The number of aromatic nitrogens is 15. The summed E-state index contributed by atoms with van der Waals surface area (Å²) < 4.78 is 162. The molecule has 18 aromatic rings. The molecule has 3 amide bonds. The Balaban J connectivity index is 0.000000140. The Hall–Kier alpha value is -17.4. The molecule has 1 aliphatic carbocycles. The zero-order valence-corrected chi connectivity index (χ0v) is 71.0. The van der Waals surface area contributed by atoms with Crippen molar-refractivity contribution in [1.82, 2.24) is 73.6 Å². The van der Waals surface area contributed by atoms with E-state index in [0.717, 1.165) is 117 Å². The van der Waals surface area contributed by atoms with E-state index in [4.69, 9.17) is 23.7 Å². The maximum absolute atomic E-state index is 15.4. The van der Waals surface area contributed by atoms with Gasteiger partial charge in [0.15, 0.2) is 41.3 Å². The van der Waals surface area contributed by atoms with E-state index in [-0.39, 0.29) is 69.0 Å². The van der Waals surface area contributed by atoms with E-state index in [1.54, 1.807) is 110 Å². The number of H-pyrrole nitrogens is 3. The number of benzene rings is 9. The highest BCUT2D eigenvalue weighted by molar-refractivity contribution is 6.06. The van der Waals surface area contributed by atoms with Gasteiger partial charge in [-0.25, -0.2) is 35.5 Å². The van der Waals surface area contributed by atoms with Crippen molar-refractivity contribution in [2.24, 2.45) is 14.1 Å². The summed E-state index contributed by atoms with van der Waals surface area (Å²) in [7, 11) is 3.60. The summed E-state index contributed by atoms with van der Waals surface area (Å²) in [4.78, 5) is 79.8. The Morgan fingerprint density at radius 1 is 0.425 bits per heavy atom. The van der Waals surface area contributed by atoms with Gasteiger partial charge in [-0.05, 0) is 222 Å². The van der Waals surface area contributed by atoms with Crippen molar-refractivity contribution < 1.29 is 77.6 Å². The normalized spacial score (nSPS) is 11.9. The highest BCUT2D eigenvalue weighted by Gasteiger charge is 2.32. The SMILES string of the molecule is CC(C)Oc1ccc(C(=O)Nc2ccc(Oc3cc4cnn(C)c4cc3-c3cn[nH]c3)c(F)c2)c(=O)n1-c1ccc(F)cc1.CCn1ncc2cc(Oc3ccc(NC(=O)c4ccc(C5CC5)n(-c5ccc(F)cc5)c4=O)cc3F)c(-c3cn[nH]c3)cc21.Cn1ncc2cc(Oc3ccc(NC(=O)c4ccc(OCC(F)(F)F)n(-c5ccc(F)cc5)c4=O)cc3F)c(-c3cn[nH]c3)cc21. The number of hydrogen-bond acceptors (Lipinski definition) is 17. The number of nitrogens with one attached hydrogen (secondary N) is 6. The summed E-state index contributed by atoms with van der Waals surface area (Å²) in [5, 5.41) is 43.2. The lowest BCUT2D eigenvalue weighted by molar-refractivity contribution is -0.154. The van der Waals surface area contributed by atoms with Gasteiger partial charge in [-0.1, -0.05) is 0 Å². The van der Waals surface area contributed by atoms with Gasteiger partial charge in [-0.15, -0.1) is 0 Å². The molecule has 134 heavy (non-hydrogen) atoms. The van der Waals surface area contributed by atoms with E-state index in [2.05, 4.69) is 61.8 Å². The molecule has 1 fully saturated rings. The van der Waals surface area contributed by atoms with Gasteiger partial charge in [0.1, 0.15) is 51.4 Å². The molecule has 0 saturated heterocycles. The number of fused-ring (bicyclic) bond motifs is 3. The van der Waals surface area contributed by atoms with Crippen LogP contribution in [0.25, 0.3) is 83.2 Å². The van der Waals surface area contributed by atoms with Crippen LogP contribution >= 0.6 is 0 Å². The lowest BCUT2D eigenvalue weighted by atomic mass is 10.1. The fourth-order valence-electron chi connectivity index (χ4n) is 14.7. The van der Waals surface area contributed by atoms with Crippen LogP contribution in [0, 0.1) is 34.9 Å². The van der Waals surface area contributed by atoms with Gasteiger partial charge in [0, 0.05) is 135 Å². The zero-order chi connectivity index (χ0) is 93.9. The number of halogens is 9. The number of aromatic amines is 3. The topological polar surface area (TPSA) is 339 Å². The van der Waals surface area contributed by atoms with E-state index < -0.39 is 93.5 Å². The van der Waals surface area contributed by atoms with Crippen LogP contribution < -0.4 is 56.3 Å². The fraction of sp³-hybridized carbons (Fsp3) is 0.125. The fourth-order valence-corrected chi connectivity index (χ4v) is 14.7. The van der Waals surface area contributed by atoms with Crippen molar-refractivity contribution in [3.63, 3.8) is 0 Å². The van der Waals surface area contributed by atoms with Crippen molar-refractivity contribution in [1.29, 1.82) is 0 Å². The third-order valence-electron chi connectivity index (χ3n) is 21.3. The van der Waals surface area contributed by atoms with Crippen molar-refractivity contribution in [2.45, 2.75) is 58.4 Å². The summed E-state index contributed by atoms with van der Waals surface area (Å²) in [5.41, 5.74) is 5.31. The number of ether oxygens (including phenoxy) is 5. The van der Waals surface area contributed by atoms with E-state index >= 15 is 13.2 Å². The summed E-state index contributed by atoms with van der Waals surface area (Å²) in [6.07, 6.45) is 11.8. The maximum atomic E-state index is 15.4. The van der Waals surface area contributed by atoms with Crippen LogP contribution in [0.1, 0.15) is 76.3 Å². The van der Waals surface area contributed by atoms with Gasteiger partial charge in [-0.2, -0.15) is 43.8 Å². The lowest BCUT2D eigenvalue weighted by Gasteiger charge is -2.17. The molecule has 1 aliphatic rings. The molecule has 0 aliphatic heterocycles. The molecular formula is C96H73F9N18O11. The molecule has 676 valence electrons. The molecule has 29 nitrogen and oxygen atoms in total. The monoisotopic (exact) mass is 1820 g/mol. The number of nitrogens with zero attached hydrogens (tertiary/aromatic N) is 12. The molecule has 9 aromatic carbocycles. The quantitative estimate of drug-likeness (QED) is 0.0306. The number of carbonyl (C=O) groups excluding carboxylic acids is 3. The van der Waals surface area contributed by atoms with Gasteiger partial charge >= 0.3 is 6.18 Å². The predicted molar refractivity (Wildman–Crippen MR) is 478 cm³/mol. The Kier molecular flexibility index (Phi) is 24.7. The summed E-state index contributed by atoms with van der Waals surface area (Å²) >= 11 is 0. The number of carbonyl (C=O) groups is 3. The Bertz CT molecular complexity index is 7690. The number of aryl methyl sites for hydroxylation is 3. The molecule has 1 saturated carbocycles. The van der Waals surface area contributed by atoms with Gasteiger partial charge in [0.05, 0.1) is 71.2 Å². The third kappa shape index (κ3) is 19.2. The van der Waals surface area contributed by atoms with Crippen LogP contribution in [0.15, 0.2) is 270 Å². The highest BCUT2D eigenvalue weighted by atomic mass is 19.4. The molecule has 0 atom stereocenters. The first-order valence-electron chi connectivity index (χ1n) is 41.2. The Morgan fingerprint density at radius 2 is 0.784 bits per heavy atom. The zero-order valence-electron chi connectivity index (χ0n) is 71.0. The minimum atomic E-state index is -4.72. The standard InChI is InChI=1S/C33H26F2N6O3.C32H26F2N6O4.C31H21F5N6O4/c1-2-40-29-15-26(21-16-36-37-17-21)31(13-20(29)18-38-40)44-30-12-7-23(14-27(30)35)39-32(42)25-10-11-28(19-3-4-19)41(33(25)43)24-8-5-22(34)6-9-24;1-18(2)43-30-11-9-24(32(42)40(30)23-7-4-21(33)5-8-23)31(41)38-22-6-10-28(26(34)13-22)44-29-12-19-17-37-39(3)27(19)14-25(29)20-15-35-36-16-20;1-41-25-12-23(18-13-37-38-14-18)27(10-17(25)15-39-41)46-26-8-4-20(11-24(26)33)40-29(43)22-7-9-28(45-16-31(34,35)36)42(30(22)44)21-5-2-19(32)3-6-21/h5-19H,2-4H2,1H3,(H,36,37)(H,39,42);4-18H,1-3H3,(H,35,36)(H,38,41);2-15H,16H2,1H3,(H,37,38)(H,40,43). The molecule has 0 unspecified atom stereocenters. The number of hydrogen-bond donors (Lipinski definition) is 6. The van der Waals surface area contributed by atoms with Crippen molar-refractivity contribution >= 4 is 67.5 Å².